The lowest BCUT2D eigenvalue weighted by Gasteiger charge is -2.06. The highest BCUT2D eigenvalue weighted by molar-refractivity contribution is 7.19. The second kappa shape index (κ2) is 5.64. The lowest BCUT2D eigenvalue weighted by Crippen LogP contribution is -2.08. The first-order chi connectivity index (χ1) is 10.9. The zero-order valence-corrected chi connectivity index (χ0v) is 13.2. The van der Waals surface area contributed by atoms with Crippen LogP contribution >= 0.6 is 22.7 Å². The molecule has 2 N–H and O–H groups in total. The summed E-state index contributed by atoms with van der Waals surface area (Å²) in [5.74, 6) is 0.562. The second-order valence-corrected chi connectivity index (χ2v) is 6.63. The van der Waals surface area contributed by atoms with E-state index in [0.717, 1.165) is 20.8 Å². The van der Waals surface area contributed by atoms with E-state index in [9.17, 15) is 0 Å². The standard InChI is InChI=1S/C16H13N3OS2/c20-7-6-17-16-18-12-5-8-21-15(12)13(19-16)14-11-4-2-1-3-10(11)9-22-14/h1-5,8-9,20H,6-7H2,(H,17,18,19). The Balaban J connectivity index is 1.94. The van der Waals surface area contributed by atoms with Crippen molar-refractivity contribution >= 4 is 49.6 Å². The Morgan fingerprint density at radius 2 is 2.00 bits per heavy atom. The fourth-order valence-electron chi connectivity index (χ4n) is 2.44. The lowest BCUT2D eigenvalue weighted by molar-refractivity contribution is 0.311. The Labute approximate surface area is 135 Å². The Bertz CT molecular complexity index is 945. The minimum atomic E-state index is 0.0578. The van der Waals surface area contributed by atoms with E-state index in [1.54, 1.807) is 22.7 Å². The number of anilines is 1. The molecule has 0 atom stereocenters. The number of aliphatic hydroxyl groups excluding tert-OH is 1. The monoisotopic (exact) mass is 327 g/mol. The largest absolute Gasteiger partial charge is 0.395 e. The molecule has 0 saturated carbocycles. The number of hydrogen-bond donors (Lipinski definition) is 2. The van der Waals surface area contributed by atoms with Gasteiger partial charge in [0, 0.05) is 11.9 Å². The molecule has 0 fully saturated rings. The smallest absolute Gasteiger partial charge is 0.223 e. The number of fused-ring (bicyclic) bond motifs is 2. The molecule has 3 heterocycles. The van der Waals surface area contributed by atoms with Crippen LogP contribution in [0, 0.1) is 0 Å². The summed E-state index contributed by atoms with van der Waals surface area (Å²) in [5, 5.41) is 18.7. The van der Waals surface area contributed by atoms with Crippen LogP contribution in [0.4, 0.5) is 5.95 Å². The van der Waals surface area contributed by atoms with Crippen LogP contribution < -0.4 is 5.32 Å². The van der Waals surface area contributed by atoms with Crippen LogP contribution in [0.2, 0.25) is 0 Å². The van der Waals surface area contributed by atoms with Gasteiger partial charge in [-0.1, -0.05) is 24.3 Å². The first-order valence-electron chi connectivity index (χ1n) is 6.93. The third kappa shape index (κ3) is 2.25. The molecule has 6 heteroatoms. The maximum absolute atomic E-state index is 8.98. The molecule has 0 amide bonds. The average molecular weight is 327 g/mol. The van der Waals surface area contributed by atoms with E-state index in [4.69, 9.17) is 10.1 Å². The topological polar surface area (TPSA) is 58.0 Å². The molecular weight excluding hydrogens is 314 g/mol. The van der Waals surface area contributed by atoms with Gasteiger partial charge in [0.1, 0.15) is 5.69 Å². The van der Waals surface area contributed by atoms with Crippen molar-refractivity contribution in [1.29, 1.82) is 0 Å². The predicted octanol–water partition coefficient (Wildman–Crippen LogP) is 3.98. The van der Waals surface area contributed by atoms with Crippen molar-refractivity contribution in [2.75, 3.05) is 18.5 Å². The number of benzene rings is 1. The van der Waals surface area contributed by atoms with Gasteiger partial charge in [0.25, 0.3) is 0 Å². The highest BCUT2D eigenvalue weighted by atomic mass is 32.1. The number of thiophene rings is 2. The summed E-state index contributed by atoms with van der Waals surface area (Å²) >= 11 is 3.36. The van der Waals surface area contributed by atoms with E-state index < -0.39 is 0 Å². The van der Waals surface area contributed by atoms with Crippen molar-refractivity contribution < 1.29 is 5.11 Å². The van der Waals surface area contributed by atoms with E-state index in [1.807, 2.05) is 17.5 Å². The van der Waals surface area contributed by atoms with Crippen LogP contribution in [0.15, 0.2) is 41.1 Å². The van der Waals surface area contributed by atoms with Crippen molar-refractivity contribution in [3.63, 3.8) is 0 Å². The Morgan fingerprint density at radius 3 is 2.91 bits per heavy atom. The van der Waals surface area contributed by atoms with Gasteiger partial charge in [-0.25, -0.2) is 9.97 Å². The Morgan fingerprint density at radius 1 is 1.09 bits per heavy atom. The zero-order valence-electron chi connectivity index (χ0n) is 11.6. The van der Waals surface area contributed by atoms with Crippen LogP contribution in [0.5, 0.6) is 0 Å². The normalized spacial score (nSPS) is 11.3. The summed E-state index contributed by atoms with van der Waals surface area (Å²) in [5.41, 5.74) is 1.90. The van der Waals surface area contributed by atoms with Gasteiger partial charge in [0.15, 0.2) is 0 Å². The van der Waals surface area contributed by atoms with Crippen molar-refractivity contribution in [2.45, 2.75) is 0 Å². The molecule has 0 aliphatic rings. The van der Waals surface area contributed by atoms with Gasteiger partial charge >= 0.3 is 0 Å². The molecule has 0 unspecified atom stereocenters. The third-order valence-electron chi connectivity index (χ3n) is 3.42. The van der Waals surface area contributed by atoms with Crippen LogP contribution in [0.1, 0.15) is 0 Å². The number of aliphatic hydroxyl groups is 1. The van der Waals surface area contributed by atoms with Crippen molar-refractivity contribution in [1.82, 2.24) is 9.97 Å². The molecule has 0 aliphatic carbocycles. The number of hydrogen-bond acceptors (Lipinski definition) is 6. The molecule has 4 aromatic rings. The fraction of sp³-hybridized carbons (Fsp3) is 0.125. The number of nitrogens with one attached hydrogen (secondary N) is 1. The highest BCUT2D eigenvalue weighted by Crippen LogP contribution is 2.39. The fourth-order valence-corrected chi connectivity index (χ4v) is 4.35. The summed E-state index contributed by atoms with van der Waals surface area (Å²) < 4.78 is 1.10. The number of nitrogens with zero attached hydrogens (tertiary/aromatic N) is 2. The minimum Gasteiger partial charge on any atom is -0.395 e. The molecule has 0 saturated heterocycles. The quantitative estimate of drug-likeness (QED) is 0.595. The van der Waals surface area contributed by atoms with Gasteiger partial charge in [-0.2, -0.15) is 0 Å². The van der Waals surface area contributed by atoms with E-state index in [-0.39, 0.29) is 6.61 Å². The molecule has 4 nitrogen and oxygen atoms in total. The molecule has 0 bridgehead atoms. The van der Waals surface area contributed by atoms with E-state index in [1.165, 1.54) is 10.8 Å². The van der Waals surface area contributed by atoms with Crippen molar-refractivity contribution in [3.8, 4) is 10.6 Å². The van der Waals surface area contributed by atoms with Gasteiger partial charge < -0.3 is 10.4 Å². The van der Waals surface area contributed by atoms with Gasteiger partial charge in [-0.3, -0.25) is 0 Å². The Kier molecular flexibility index (Phi) is 3.49. The maximum Gasteiger partial charge on any atom is 0.223 e. The van der Waals surface area contributed by atoms with E-state index >= 15 is 0 Å². The second-order valence-electron chi connectivity index (χ2n) is 4.83. The number of aromatic nitrogens is 2. The van der Waals surface area contributed by atoms with Crippen LogP contribution in [-0.4, -0.2) is 28.2 Å². The van der Waals surface area contributed by atoms with Crippen molar-refractivity contribution in [2.24, 2.45) is 0 Å². The summed E-state index contributed by atoms with van der Waals surface area (Å²) in [6.45, 7) is 0.503. The molecule has 22 heavy (non-hydrogen) atoms. The molecule has 0 spiro atoms. The summed E-state index contributed by atoms with van der Waals surface area (Å²) in [6.07, 6.45) is 0. The molecule has 0 aliphatic heterocycles. The van der Waals surface area contributed by atoms with Gasteiger partial charge in [-0.15, -0.1) is 22.7 Å². The van der Waals surface area contributed by atoms with Gasteiger partial charge in [0.2, 0.25) is 5.95 Å². The number of rotatable bonds is 4. The molecular formula is C16H13N3OS2. The molecule has 110 valence electrons. The first kappa shape index (κ1) is 13.6. The summed E-state index contributed by atoms with van der Waals surface area (Å²) in [4.78, 5) is 10.4. The third-order valence-corrected chi connectivity index (χ3v) is 5.35. The van der Waals surface area contributed by atoms with Gasteiger partial charge in [-0.05, 0) is 22.2 Å². The van der Waals surface area contributed by atoms with Crippen LogP contribution in [-0.2, 0) is 0 Å². The predicted molar refractivity (Wildman–Crippen MR) is 93.8 cm³/mol. The molecule has 4 rings (SSSR count). The molecule has 0 radical (unpaired) electrons. The first-order valence-corrected chi connectivity index (χ1v) is 8.69. The Hall–Kier alpha value is -2.02. The van der Waals surface area contributed by atoms with E-state index in [0.29, 0.717) is 12.5 Å². The van der Waals surface area contributed by atoms with Crippen molar-refractivity contribution in [3.05, 3.63) is 41.1 Å². The lowest BCUT2D eigenvalue weighted by atomic mass is 10.1. The minimum absolute atomic E-state index is 0.0578. The van der Waals surface area contributed by atoms with E-state index in [2.05, 4.69) is 33.9 Å². The average Bonchev–Trinajstić information content (AvgIpc) is 3.18. The van der Waals surface area contributed by atoms with Crippen LogP contribution in [0.3, 0.4) is 0 Å². The maximum atomic E-state index is 8.98. The molecule has 3 aromatic heterocycles. The van der Waals surface area contributed by atoms with Gasteiger partial charge in [0.05, 0.1) is 21.7 Å². The SMILES string of the molecule is OCCNc1nc(-c2scc3ccccc23)c2sccc2n1. The zero-order chi connectivity index (χ0) is 14.9. The summed E-state index contributed by atoms with van der Waals surface area (Å²) in [6, 6.07) is 10.4. The summed E-state index contributed by atoms with van der Waals surface area (Å²) in [7, 11) is 0. The van der Waals surface area contributed by atoms with Crippen LogP contribution in [0.25, 0.3) is 31.6 Å². The highest BCUT2D eigenvalue weighted by Gasteiger charge is 2.15. The molecule has 1 aromatic carbocycles.